The molecule has 1 N–H and O–H groups in total. The van der Waals surface area contributed by atoms with E-state index < -0.39 is 5.82 Å². The fraction of sp³-hybridized carbons (Fsp3) is 0.0588. The fourth-order valence-electron chi connectivity index (χ4n) is 2.19. The van der Waals surface area contributed by atoms with Crippen LogP contribution in [0, 0.1) is 5.82 Å². The Morgan fingerprint density at radius 3 is 2.83 bits per heavy atom. The zero-order valence-electron chi connectivity index (χ0n) is 12.3. The number of aromatic nitrogens is 2. The zero-order chi connectivity index (χ0) is 17.1. The number of amides is 1. The number of rotatable bonds is 4. The molecular formula is C17H12BrClFN3O. The van der Waals surface area contributed by atoms with E-state index in [0.717, 1.165) is 4.47 Å². The van der Waals surface area contributed by atoms with Gasteiger partial charge in [0.05, 0.1) is 18.4 Å². The first-order valence-electron chi connectivity index (χ1n) is 7.05. The molecule has 3 aromatic rings. The maximum atomic E-state index is 13.8. The Hall–Kier alpha value is -2.18. The van der Waals surface area contributed by atoms with Crippen molar-refractivity contribution < 1.29 is 9.18 Å². The predicted molar refractivity (Wildman–Crippen MR) is 94.8 cm³/mol. The van der Waals surface area contributed by atoms with E-state index in [9.17, 15) is 9.18 Å². The second kappa shape index (κ2) is 7.15. The number of halogens is 3. The molecule has 0 aliphatic heterocycles. The molecule has 2 aromatic carbocycles. The van der Waals surface area contributed by atoms with Crippen molar-refractivity contribution in [1.29, 1.82) is 0 Å². The van der Waals surface area contributed by atoms with Gasteiger partial charge in [-0.25, -0.2) is 4.39 Å². The van der Waals surface area contributed by atoms with Crippen LogP contribution in [0.1, 0.15) is 15.9 Å². The number of hydrogen-bond donors (Lipinski definition) is 1. The Morgan fingerprint density at radius 2 is 2.08 bits per heavy atom. The molecule has 0 unspecified atom stereocenters. The molecule has 0 fully saturated rings. The minimum atomic E-state index is -0.391. The first kappa shape index (κ1) is 16.7. The van der Waals surface area contributed by atoms with Crippen LogP contribution in [0.2, 0.25) is 5.02 Å². The molecule has 0 saturated heterocycles. The van der Waals surface area contributed by atoms with Crippen molar-refractivity contribution in [3.05, 3.63) is 81.3 Å². The Kier molecular flexibility index (Phi) is 4.97. The summed E-state index contributed by atoms with van der Waals surface area (Å²) in [5.74, 6) is -0.641. The van der Waals surface area contributed by atoms with Crippen LogP contribution in [0.4, 0.5) is 10.1 Å². The van der Waals surface area contributed by atoms with Crippen LogP contribution in [0.3, 0.4) is 0 Å². The van der Waals surface area contributed by atoms with E-state index in [-0.39, 0.29) is 12.5 Å². The molecule has 0 atom stereocenters. The molecule has 1 amide bonds. The number of carbonyl (C=O) groups excluding carboxylic acids is 1. The molecule has 0 radical (unpaired) electrons. The fourth-order valence-corrected chi connectivity index (χ4v) is 2.81. The highest BCUT2D eigenvalue weighted by atomic mass is 79.9. The highest BCUT2D eigenvalue weighted by Gasteiger charge is 2.11. The van der Waals surface area contributed by atoms with Crippen molar-refractivity contribution in [2.75, 3.05) is 5.32 Å². The molecule has 3 rings (SSSR count). The lowest BCUT2D eigenvalue weighted by Gasteiger charge is -2.06. The van der Waals surface area contributed by atoms with Gasteiger partial charge in [0.15, 0.2) is 0 Å². The summed E-state index contributed by atoms with van der Waals surface area (Å²) in [6.45, 7) is 0.179. The summed E-state index contributed by atoms with van der Waals surface area (Å²) in [7, 11) is 0. The van der Waals surface area contributed by atoms with Crippen molar-refractivity contribution in [3.63, 3.8) is 0 Å². The highest BCUT2D eigenvalue weighted by Crippen LogP contribution is 2.20. The summed E-state index contributed by atoms with van der Waals surface area (Å²) in [5, 5.41) is 7.21. The standard InChI is InChI=1S/C17H12BrClFN3O/c18-12-4-1-3-11(7-12)17(24)22-13-8-21-23(9-13)10-14-15(19)5-2-6-16(14)20/h1-9H,10H2,(H,22,24). The maximum absolute atomic E-state index is 13.8. The first-order chi connectivity index (χ1) is 11.5. The van der Waals surface area contributed by atoms with E-state index in [0.29, 0.717) is 21.8 Å². The summed E-state index contributed by atoms with van der Waals surface area (Å²) < 4.78 is 16.1. The average Bonchev–Trinajstić information content (AvgIpc) is 2.98. The second-order valence-corrected chi connectivity index (χ2v) is 6.41. The van der Waals surface area contributed by atoms with Crippen molar-refractivity contribution in [3.8, 4) is 0 Å². The van der Waals surface area contributed by atoms with Gasteiger partial charge in [0, 0.05) is 26.8 Å². The quantitative estimate of drug-likeness (QED) is 0.678. The van der Waals surface area contributed by atoms with Gasteiger partial charge in [-0.3, -0.25) is 9.48 Å². The largest absolute Gasteiger partial charge is 0.319 e. The van der Waals surface area contributed by atoms with Gasteiger partial charge in [-0.05, 0) is 30.3 Å². The second-order valence-electron chi connectivity index (χ2n) is 5.09. The van der Waals surface area contributed by atoms with E-state index in [1.165, 1.54) is 16.9 Å². The number of nitrogens with zero attached hydrogens (tertiary/aromatic N) is 2. The minimum absolute atomic E-state index is 0.179. The first-order valence-corrected chi connectivity index (χ1v) is 8.22. The minimum Gasteiger partial charge on any atom is -0.319 e. The molecule has 1 aromatic heterocycles. The summed E-state index contributed by atoms with van der Waals surface area (Å²) in [5.41, 5.74) is 1.40. The molecule has 0 spiro atoms. The molecular weight excluding hydrogens is 397 g/mol. The van der Waals surface area contributed by atoms with Crippen LogP contribution < -0.4 is 5.32 Å². The van der Waals surface area contributed by atoms with Crippen molar-refractivity contribution in [1.82, 2.24) is 9.78 Å². The van der Waals surface area contributed by atoms with Crippen LogP contribution in [-0.2, 0) is 6.54 Å². The highest BCUT2D eigenvalue weighted by molar-refractivity contribution is 9.10. The number of benzene rings is 2. The van der Waals surface area contributed by atoms with E-state index in [2.05, 4.69) is 26.3 Å². The number of anilines is 1. The van der Waals surface area contributed by atoms with E-state index in [1.54, 1.807) is 36.5 Å². The topological polar surface area (TPSA) is 46.9 Å². The molecule has 0 aliphatic rings. The van der Waals surface area contributed by atoms with Gasteiger partial charge in [-0.2, -0.15) is 5.10 Å². The summed E-state index contributed by atoms with van der Waals surface area (Å²) in [4.78, 5) is 12.2. The number of hydrogen-bond acceptors (Lipinski definition) is 2. The van der Waals surface area contributed by atoms with Gasteiger partial charge in [-0.15, -0.1) is 0 Å². The molecule has 0 bridgehead atoms. The van der Waals surface area contributed by atoms with Crippen LogP contribution in [0.25, 0.3) is 0 Å². The van der Waals surface area contributed by atoms with Gasteiger partial charge in [-0.1, -0.05) is 39.7 Å². The van der Waals surface area contributed by atoms with E-state index in [1.807, 2.05) is 6.07 Å². The SMILES string of the molecule is O=C(Nc1cnn(Cc2c(F)cccc2Cl)c1)c1cccc(Br)c1. The normalized spacial score (nSPS) is 10.6. The van der Waals surface area contributed by atoms with Gasteiger partial charge in [0.2, 0.25) is 0 Å². The van der Waals surface area contributed by atoms with Gasteiger partial charge in [0.25, 0.3) is 5.91 Å². The van der Waals surface area contributed by atoms with Crippen LogP contribution in [0.5, 0.6) is 0 Å². The molecule has 4 nitrogen and oxygen atoms in total. The monoisotopic (exact) mass is 407 g/mol. The number of nitrogens with one attached hydrogen (secondary N) is 1. The van der Waals surface area contributed by atoms with E-state index >= 15 is 0 Å². The van der Waals surface area contributed by atoms with Crippen LogP contribution in [-0.4, -0.2) is 15.7 Å². The third-order valence-electron chi connectivity index (χ3n) is 3.36. The lowest BCUT2D eigenvalue weighted by atomic mass is 10.2. The van der Waals surface area contributed by atoms with Crippen LogP contribution >= 0.6 is 27.5 Å². The summed E-state index contributed by atoms with van der Waals surface area (Å²) >= 11 is 9.34. The van der Waals surface area contributed by atoms with Crippen LogP contribution in [0.15, 0.2) is 59.3 Å². The van der Waals surface area contributed by atoms with Gasteiger partial charge in [0.1, 0.15) is 5.82 Å². The maximum Gasteiger partial charge on any atom is 0.255 e. The Morgan fingerprint density at radius 1 is 1.29 bits per heavy atom. The lowest BCUT2D eigenvalue weighted by Crippen LogP contribution is -2.11. The Labute approximate surface area is 151 Å². The molecule has 0 saturated carbocycles. The Balaban J connectivity index is 1.73. The Bertz CT molecular complexity index is 877. The van der Waals surface area contributed by atoms with Crippen molar-refractivity contribution >= 4 is 39.1 Å². The summed E-state index contributed by atoms with van der Waals surface area (Å²) in [6.07, 6.45) is 3.13. The summed E-state index contributed by atoms with van der Waals surface area (Å²) in [6, 6.07) is 11.6. The number of carbonyl (C=O) groups is 1. The third-order valence-corrected chi connectivity index (χ3v) is 4.21. The van der Waals surface area contributed by atoms with Crippen molar-refractivity contribution in [2.45, 2.75) is 6.54 Å². The molecule has 24 heavy (non-hydrogen) atoms. The molecule has 122 valence electrons. The third kappa shape index (κ3) is 3.83. The van der Waals surface area contributed by atoms with Gasteiger partial charge >= 0.3 is 0 Å². The van der Waals surface area contributed by atoms with Gasteiger partial charge < -0.3 is 5.32 Å². The average molecular weight is 409 g/mol. The molecule has 7 heteroatoms. The molecule has 0 aliphatic carbocycles. The smallest absolute Gasteiger partial charge is 0.255 e. The van der Waals surface area contributed by atoms with E-state index in [4.69, 9.17) is 11.6 Å². The zero-order valence-corrected chi connectivity index (χ0v) is 14.7. The molecule has 1 heterocycles. The predicted octanol–water partition coefficient (Wildman–Crippen LogP) is 4.74. The van der Waals surface area contributed by atoms with Crippen molar-refractivity contribution in [2.24, 2.45) is 0 Å². The lowest BCUT2D eigenvalue weighted by molar-refractivity contribution is 0.102.